The number of amides is 1. The van der Waals surface area contributed by atoms with Gasteiger partial charge in [0.2, 0.25) is 0 Å². The molecule has 1 N–H and O–H groups in total. The lowest BCUT2D eigenvalue weighted by molar-refractivity contribution is -0.115. The molecule has 2 heterocycles. The number of nitrogens with zero attached hydrogens (tertiary/aromatic N) is 3. The van der Waals surface area contributed by atoms with E-state index in [1.165, 1.54) is 6.20 Å². The topological polar surface area (TPSA) is 91.2 Å². The van der Waals surface area contributed by atoms with Crippen molar-refractivity contribution < 1.29 is 13.2 Å². The number of sulfonamides is 1. The zero-order valence-electron chi connectivity index (χ0n) is 11.5. The van der Waals surface area contributed by atoms with Crippen molar-refractivity contribution in [3.63, 3.8) is 0 Å². The van der Waals surface area contributed by atoms with Crippen molar-refractivity contribution in [2.75, 3.05) is 12.3 Å². The Labute approximate surface area is 118 Å². The van der Waals surface area contributed by atoms with E-state index in [1.807, 2.05) is 13.8 Å². The summed E-state index contributed by atoms with van der Waals surface area (Å²) in [5, 5.41) is 2.84. The van der Waals surface area contributed by atoms with Gasteiger partial charge in [0.05, 0.1) is 5.75 Å². The van der Waals surface area contributed by atoms with E-state index in [0.29, 0.717) is 0 Å². The Balaban J connectivity index is 2.26. The van der Waals surface area contributed by atoms with Crippen molar-refractivity contribution in [3.8, 4) is 0 Å². The number of hydrogen-bond acceptors (Lipinski definition) is 5. The summed E-state index contributed by atoms with van der Waals surface area (Å²) in [4.78, 5) is 17.8. The average molecular weight is 298 g/mol. The molecule has 0 aromatic carbocycles. The molecule has 0 aromatic rings. The molecule has 0 fully saturated rings. The van der Waals surface area contributed by atoms with E-state index in [2.05, 4.69) is 14.7 Å². The van der Waals surface area contributed by atoms with E-state index in [4.69, 9.17) is 0 Å². The van der Waals surface area contributed by atoms with E-state index in [9.17, 15) is 13.2 Å². The Kier molecular flexibility index (Phi) is 4.22. The minimum Gasteiger partial charge on any atom is -0.348 e. The molecular formula is C12H18N4O3S. The lowest BCUT2D eigenvalue weighted by Crippen LogP contribution is -2.49. The van der Waals surface area contributed by atoms with Crippen molar-refractivity contribution in [1.82, 2.24) is 10.2 Å². The summed E-state index contributed by atoms with van der Waals surface area (Å²) >= 11 is 0. The summed E-state index contributed by atoms with van der Waals surface area (Å²) < 4.78 is 26.8. The first kappa shape index (κ1) is 14.7. The number of hydrogen-bond donors (Lipinski definition) is 1. The molecule has 8 heteroatoms. The van der Waals surface area contributed by atoms with Crippen LogP contribution in [0.3, 0.4) is 0 Å². The number of nitrogens with one attached hydrogen (secondary N) is 1. The van der Waals surface area contributed by atoms with Gasteiger partial charge in [0.15, 0.2) is 11.5 Å². The van der Waals surface area contributed by atoms with E-state index >= 15 is 0 Å². The first-order valence-electron chi connectivity index (χ1n) is 6.61. The maximum Gasteiger partial charge on any atom is 0.273 e. The van der Waals surface area contributed by atoms with Crippen LogP contribution >= 0.6 is 0 Å². The fourth-order valence-electron chi connectivity index (χ4n) is 2.03. The van der Waals surface area contributed by atoms with Crippen LogP contribution in [0.1, 0.15) is 26.7 Å². The molecule has 2 rings (SSSR count). The fraction of sp³-hybridized carbons (Fsp3) is 0.583. The van der Waals surface area contributed by atoms with Crippen molar-refractivity contribution in [2.24, 2.45) is 9.39 Å². The largest absolute Gasteiger partial charge is 0.348 e. The molecule has 0 radical (unpaired) electrons. The minimum atomic E-state index is -3.51. The minimum absolute atomic E-state index is 0.0466. The molecule has 0 bridgehead atoms. The normalized spacial score (nSPS) is 20.2. The van der Waals surface area contributed by atoms with Gasteiger partial charge in [0.1, 0.15) is 0 Å². The van der Waals surface area contributed by atoms with Crippen molar-refractivity contribution in [1.29, 1.82) is 0 Å². The molecule has 2 aliphatic heterocycles. The molecule has 1 amide bonds. The molecule has 7 nitrogen and oxygen atoms in total. The quantitative estimate of drug-likeness (QED) is 0.806. The smallest absolute Gasteiger partial charge is 0.273 e. The van der Waals surface area contributed by atoms with Crippen LogP contribution in [0.4, 0.5) is 0 Å². The van der Waals surface area contributed by atoms with E-state index in [1.54, 1.807) is 11.1 Å². The Hall–Kier alpha value is -1.70. The molecule has 110 valence electrons. The molecule has 0 unspecified atom stereocenters. The summed E-state index contributed by atoms with van der Waals surface area (Å²) in [5.41, 5.74) is 0.0580. The maximum absolute atomic E-state index is 12.2. The molecule has 0 aromatic heterocycles. The Bertz CT molecular complexity index is 588. The molecule has 0 saturated heterocycles. The number of rotatable bonds is 4. The predicted octanol–water partition coefficient (Wildman–Crippen LogP) is 0.261. The maximum atomic E-state index is 12.2. The van der Waals surface area contributed by atoms with Crippen LogP contribution in [-0.4, -0.2) is 49.1 Å². The fourth-order valence-corrected chi connectivity index (χ4v) is 3.00. The molecule has 20 heavy (non-hydrogen) atoms. The van der Waals surface area contributed by atoms with Crippen LogP contribution in [0.25, 0.3) is 0 Å². The van der Waals surface area contributed by atoms with Crippen molar-refractivity contribution in [2.45, 2.75) is 32.7 Å². The number of carbonyl (C=O) groups is 1. The lowest BCUT2D eigenvalue weighted by Gasteiger charge is -2.28. The predicted molar refractivity (Wildman–Crippen MR) is 77.0 cm³/mol. The van der Waals surface area contributed by atoms with Crippen LogP contribution in [0.5, 0.6) is 0 Å². The SMILES string of the molecule is CCC(CC)NC(=O)C1=NC=CN2CCS(=O)(=O)N=C12. The Morgan fingerprint density at radius 2 is 2.15 bits per heavy atom. The third kappa shape index (κ3) is 3.06. The van der Waals surface area contributed by atoms with Crippen LogP contribution < -0.4 is 5.32 Å². The van der Waals surface area contributed by atoms with Gasteiger partial charge in [-0.1, -0.05) is 13.8 Å². The lowest BCUT2D eigenvalue weighted by atomic mass is 10.1. The molecule has 0 saturated carbocycles. The zero-order chi connectivity index (χ0) is 14.8. The van der Waals surface area contributed by atoms with Gasteiger partial charge < -0.3 is 10.2 Å². The second kappa shape index (κ2) is 5.74. The van der Waals surface area contributed by atoms with Crippen LogP contribution in [-0.2, 0) is 14.8 Å². The summed E-state index contributed by atoms with van der Waals surface area (Å²) in [6, 6.07) is 0.0466. The van der Waals surface area contributed by atoms with Gasteiger partial charge in [-0.05, 0) is 12.8 Å². The van der Waals surface area contributed by atoms with Crippen LogP contribution in [0.15, 0.2) is 21.8 Å². The third-order valence-electron chi connectivity index (χ3n) is 3.29. The number of carbonyl (C=O) groups excluding carboxylic acids is 1. The Morgan fingerprint density at radius 3 is 2.80 bits per heavy atom. The number of aliphatic imine (C=N–C) groups is 1. The third-order valence-corrected chi connectivity index (χ3v) is 4.44. The average Bonchev–Trinajstić information content (AvgIpc) is 2.42. The second-order valence-electron chi connectivity index (χ2n) is 4.66. The summed E-state index contributed by atoms with van der Waals surface area (Å²) in [7, 11) is -3.51. The Morgan fingerprint density at radius 1 is 1.45 bits per heavy atom. The first-order valence-corrected chi connectivity index (χ1v) is 8.22. The molecular weight excluding hydrogens is 280 g/mol. The van der Waals surface area contributed by atoms with E-state index in [-0.39, 0.29) is 35.8 Å². The number of amidine groups is 1. The highest BCUT2D eigenvalue weighted by Crippen LogP contribution is 2.13. The van der Waals surface area contributed by atoms with Gasteiger partial charge in [-0.25, -0.2) is 13.4 Å². The first-order chi connectivity index (χ1) is 9.46. The highest BCUT2D eigenvalue weighted by Gasteiger charge is 2.31. The van der Waals surface area contributed by atoms with Crippen LogP contribution in [0, 0.1) is 0 Å². The second-order valence-corrected chi connectivity index (χ2v) is 6.41. The van der Waals surface area contributed by atoms with Gasteiger partial charge in [0, 0.05) is 25.0 Å². The molecule has 0 atom stereocenters. The van der Waals surface area contributed by atoms with Crippen molar-refractivity contribution in [3.05, 3.63) is 12.4 Å². The van der Waals surface area contributed by atoms with E-state index < -0.39 is 10.0 Å². The highest BCUT2D eigenvalue weighted by molar-refractivity contribution is 7.90. The highest BCUT2D eigenvalue weighted by atomic mass is 32.2. The van der Waals surface area contributed by atoms with Gasteiger partial charge in [-0.3, -0.25) is 4.79 Å². The summed E-state index contributed by atoms with van der Waals surface area (Å²) in [5.74, 6) is -0.325. The molecule has 0 spiro atoms. The van der Waals surface area contributed by atoms with Gasteiger partial charge in [-0.2, -0.15) is 0 Å². The number of fused-ring (bicyclic) bond motifs is 1. The van der Waals surface area contributed by atoms with E-state index in [0.717, 1.165) is 12.8 Å². The van der Waals surface area contributed by atoms with Gasteiger partial charge >= 0.3 is 0 Å². The zero-order valence-corrected chi connectivity index (χ0v) is 12.4. The summed E-state index contributed by atoms with van der Waals surface area (Å²) in [6.45, 7) is 4.24. The molecule has 0 aliphatic carbocycles. The van der Waals surface area contributed by atoms with Crippen molar-refractivity contribution >= 4 is 27.5 Å². The van der Waals surface area contributed by atoms with Gasteiger partial charge in [-0.15, -0.1) is 4.40 Å². The standard InChI is InChI=1S/C12H18N4O3S/c1-3-9(4-2)14-12(17)10-11-15-20(18,19)8-7-16(11)6-5-13-10/h5-6,9H,3-4,7-8H2,1-2H3,(H,14,17). The van der Waals surface area contributed by atoms with Gasteiger partial charge in [0.25, 0.3) is 15.9 Å². The van der Waals surface area contributed by atoms with Crippen LogP contribution in [0.2, 0.25) is 0 Å². The molecule has 2 aliphatic rings. The monoisotopic (exact) mass is 298 g/mol. The summed E-state index contributed by atoms with van der Waals surface area (Å²) in [6.07, 6.45) is 4.72.